The predicted molar refractivity (Wildman–Crippen MR) is 128 cm³/mol. The molecule has 32 heavy (non-hydrogen) atoms. The zero-order valence-corrected chi connectivity index (χ0v) is 18.6. The molecule has 0 fully saturated rings. The topological polar surface area (TPSA) is 87.3 Å². The summed E-state index contributed by atoms with van der Waals surface area (Å²) >= 11 is 1.37. The first-order chi connectivity index (χ1) is 15.6. The van der Waals surface area contributed by atoms with Crippen LogP contribution in [0.5, 0.6) is 11.5 Å². The molecule has 0 aromatic heterocycles. The van der Waals surface area contributed by atoms with E-state index in [1.165, 1.54) is 16.8 Å². The van der Waals surface area contributed by atoms with Crippen LogP contribution in [0.2, 0.25) is 0 Å². The molecule has 0 saturated carbocycles. The van der Waals surface area contributed by atoms with E-state index in [0.29, 0.717) is 24.1 Å². The van der Waals surface area contributed by atoms with E-state index in [1.54, 1.807) is 6.08 Å². The van der Waals surface area contributed by atoms with Crippen LogP contribution in [0.3, 0.4) is 0 Å². The number of unbranched alkanes of at least 4 members (excludes halogenated alkanes) is 1. The van der Waals surface area contributed by atoms with Crippen molar-refractivity contribution in [3.63, 3.8) is 0 Å². The summed E-state index contributed by atoms with van der Waals surface area (Å²) in [4.78, 5) is 16.6. The summed E-state index contributed by atoms with van der Waals surface area (Å²) in [5.74, 6) is 1.15. The molecule has 1 N–H and O–H groups in total. The molecule has 0 radical (unpaired) electrons. The molecule has 2 heterocycles. The molecule has 0 unspecified atom stereocenters. The number of hydrogen-bond donors (Lipinski definition) is 1. The van der Waals surface area contributed by atoms with Gasteiger partial charge in [0.15, 0.2) is 5.84 Å². The largest absolute Gasteiger partial charge is 0.490 e. The fourth-order valence-electron chi connectivity index (χ4n) is 3.12. The molecule has 164 valence electrons. The van der Waals surface area contributed by atoms with Crippen LogP contribution < -0.4 is 9.47 Å². The highest BCUT2D eigenvalue weighted by Crippen LogP contribution is 2.30. The van der Waals surface area contributed by atoms with Crippen LogP contribution in [-0.2, 0) is 4.79 Å². The molecule has 0 aliphatic carbocycles. The van der Waals surface area contributed by atoms with Crippen molar-refractivity contribution in [2.45, 2.75) is 26.2 Å². The molecule has 0 bridgehead atoms. The third-order valence-corrected chi connectivity index (χ3v) is 5.76. The molecular formula is C24H24N4O3S. The Bertz CT molecular complexity index is 1080. The van der Waals surface area contributed by atoms with Gasteiger partial charge in [-0.25, -0.2) is 0 Å². The van der Waals surface area contributed by atoms with E-state index in [0.717, 1.165) is 35.6 Å². The number of carbonyl (C=O) groups excluding carboxylic acids is 1. The molecule has 4 rings (SSSR count). The summed E-state index contributed by atoms with van der Waals surface area (Å²) < 4.78 is 11.3. The number of fused-ring (bicyclic) bond motifs is 1. The number of amidine groups is 2. The number of carbonyl (C=O) groups is 1. The molecule has 2 aliphatic heterocycles. The van der Waals surface area contributed by atoms with Crippen LogP contribution in [0.1, 0.15) is 31.7 Å². The number of hydrogen-bond acceptors (Lipinski definition) is 6. The first-order valence-electron chi connectivity index (χ1n) is 10.5. The van der Waals surface area contributed by atoms with Gasteiger partial charge in [0.1, 0.15) is 29.8 Å². The quantitative estimate of drug-likeness (QED) is 0.433. The summed E-state index contributed by atoms with van der Waals surface area (Å²) in [5.41, 5.74) is 1.01. The van der Waals surface area contributed by atoms with E-state index in [4.69, 9.17) is 14.9 Å². The lowest BCUT2D eigenvalue weighted by Gasteiger charge is -2.20. The van der Waals surface area contributed by atoms with Crippen LogP contribution in [0, 0.1) is 5.41 Å². The van der Waals surface area contributed by atoms with E-state index < -0.39 is 5.91 Å². The second-order valence-corrected chi connectivity index (χ2v) is 8.24. The highest BCUT2D eigenvalue weighted by Gasteiger charge is 2.35. The molecule has 2 aromatic rings. The SMILES string of the molecule is CCCCC1=NN2C(=N)/C(=C/c3ccc(OCCOc4ccccc4)cc3)C(=O)N=C2S1. The number of amides is 1. The molecule has 0 atom stereocenters. The van der Waals surface area contributed by atoms with Gasteiger partial charge in [-0.05, 0) is 60.5 Å². The van der Waals surface area contributed by atoms with Gasteiger partial charge in [-0.3, -0.25) is 10.2 Å². The third-order valence-electron chi connectivity index (χ3n) is 4.80. The average Bonchev–Trinajstić information content (AvgIpc) is 3.22. The highest BCUT2D eigenvalue weighted by atomic mass is 32.2. The molecule has 1 amide bonds. The lowest BCUT2D eigenvalue weighted by atomic mass is 10.1. The molecule has 7 nitrogen and oxygen atoms in total. The van der Waals surface area contributed by atoms with Crippen molar-refractivity contribution in [2.24, 2.45) is 10.1 Å². The number of hydrazone groups is 1. The van der Waals surface area contributed by atoms with Gasteiger partial charge in [-0.15, -0.1) is 0 Å². The average molecular weight is 449 g/mol. The number of benzene rings is 2. The van der Waals surface area contributed by atoms with Gasteiger partial charge >= 0.3 is 0 Å². The lowest BCUT2D eigenvalue weighted by molar-refractivity contribution is -0.114. The van der Waals surface area contributed by atoms with Crippen LogP contribution in [0.4, 0.5) is 0 Å². The highest BCUT2D eigenvalue weighted by molar-refractivity contribution is 8.26. The van der Waals surface area contributed by atoms with Crippen LogP contribution >= 0.6 is 11.8 Å². The minimum absolute atomic E-state index is 0.0531. The molecule has 8 heteroatoms. The Morgan fingerprint density at radius 3 is 2.41 bits per heavy atom. The fourth-order valence-corrected chi connectivity index (χ4v) is 4.05. The van der Waals surface area contributed by atoms with Crippen molar-refractivity contribution in [3.8, 4) is 11.5 Å². The first kappa shape index (κ1) is 21.8. The number of thioether (sulfide) groups is 1. The summed E-state index contributed by atoms with van der Waals surface area (Å²) in [7, 11) is 0. The van der Waals surface area contributed by atoms with Crippen LogP contribution in [0.25, 0.3) is 6.08 Å². The Morgan fingerprint density at radius 1 is 1.03 bits per heavy atom. The van der Waals surface area contributed by atoms with Crippen molar-refractivity contribution in [1.29, 1.82) is 5.41 Å². The molecule has 0 spiro atoms. The normalized spacial score (nSPS) is 16.7. The van der Waals surface area contributed by atoms with E-state index in [9.17, 15) is 4.79 Å². The van der Waals surface area contributed by atoms with Crippen molar-refractivity contribution >= 4 is 39.8 Å². The number of ether oxygens (including phenoxy) is 2. The fraction of sp³-hybridized carbons (Fsp3) is 0.250. The van der Waals surface area contributed by atoms with E-state index in [2.05, 4.69) is 17.0 Å². The Labute approximate surface area is 191 Å². The van der Waals surface area contributed by atoms with Gasteiger partial charge in [0.05, 0.1) is 5.57 Å². The Kier molecular flexibility index (Phi) is 7.01. The number of para-hydroxylation sites is 1. The lowest BCUT2D eigenvalue weighted by Crippen LogP contribution is -2.35. The van der Waals surface area contributed by atoms with E-state index in [1.807, 2.05) is 54.6 Å². The monoisotopic (exact) mass is 448 g/mol. The van der Waals surface area contributed by atoms with E-state index in [-0.39, 0.29) is 11.4 Å². The van der Waals surface area contributed by atoms with Crippen molar-refractivity contribution < 1.29 is 14.3 Å². The molecule has 0 saturated heterocycles. The molecule has 2 aromatic carbocycles. The van der Waals surface area contributed by atoms with E-state index >= 15 is 0 Å². The molecule has 2 aliphatic rings. The minimum atomic E-state index is -0.418. The zero-order chi connectivity index (χ0) is 22.3. The van der Waals surface area contributed by atoms with Crippen molar-refractivity contribution in [1.82, 2.24) is 5.01 Å². The van der Waals surface area contributed by atoms with Gasteiger partial charge in [0.2, 0.25) is 5.17 Å². The summed E-state index contributed by atoms with van der Waals surface area (Å²) in [6, 6.07) is 16.9. The van der Waals surface area contributed by atoms with Gasteiger partial charge in [-0.1, -0.05) is 43.7 Å². The predicted octanol–water partition coefficient (Wildman–Crippen LogP) is 4.95. The Balaban J connectivity index is 1.36. The summed E-state index contributed by atoms with van der Waals surface area (Å²) in [6.07, 6.45) is 4.57. The van der Waals surface area contributed by atoms with Crippen molar-refractivity contribution in [3.05, 3.63) is 65.7 Å². The number of nitrogens with zero attached hydrogens (tertiary/aromatic N) is 3. The first-order valence-corrected chi connectivity index (χ1v) is 11.4. The summed E-state index contributed by atoms with van der Waals surface area (Å²) in [5, 5.41) is 15.7. The maximum absolute atomic E-state index is 12.5. The smallest absolute Gasteiger partial charge is 0.283 e. The van der Waals surface area contributed by atoms with Crippen molar-refractivity contribution in [2.75, 3.05) is 13.2 Å². The Hall–Kier alpha value is -3.39. The molecular weight excluding hydrogens is 424 g/mol. The number of rotatable bonds is 9. The Morgan fingerprint density at radius 2 is 1.72 bits per heavy atom. The van der Waals surface area contributed by atoms with Gasteiger partial charge in [0, 0.05) is 0 Å². The number of aliphatic imine (C=N–C) groups is 1. The van der Waals surface area contributed by atoms with Crippen LogP contribution in [0.15, 0.2) is 70.3 Å². The maximum atomic E-state index is 12.5. The third kappa shape index (κ3) is 5.26. The van der Waals surface area contributed by atoms with Gasteiger partial charge < -0.3 is 9.47 Å². The van der Waals surface area contributed by atoms with Gasteiger partial charge in [-0.2, -0.15) is 15.1 Å². The maximum Gasteiger partial charge on any atom is 0.283 e. The number of nitrogens with one attached hydrogen (secondary N) is 1. The second kappa shape index (κ2) is 10.3. The van der Waals surface area contributed by atoms with Crippen LogP contribution in [-0.4, -0.2) is 40.2 Å². The van der Waals surface area contributed by atoms with Gasteiger partial charge in [0.25, 0.3) is 5.91 Å². The second-order valence-electron chi connectivity index (χ2n) is 7.20. The summed E-state index contributed by atoms with van der Waals surface area (Å²) in [6.45, 7) is 2.98. The zero-order valence-electron chi connectivity index (χ0n) is 17.8. The minimum Gasteiger partial charge on any atom is -0.490 e. The standard InChI is InChI=1S/C24H24N4O3S/c1-2-3-9-21-27-28-22(25)20(23(29)26-24(28)32-21)16-17-10-12-19(13-11-17)31-15-14-30-18-7-5-4-6-8-18/h4-8,10-13,16,25H,2-3,9,14-15H2,1H3/b20-16-,25-22?.